The maximum atomic E-state index is 5.99. The van der Waals surface area contributed by atoms with Crippen LogP contribution in [-0.4, -0.2) is 27.8 Å². The molecule has 2 aromatic rings. The van der Waals surface area contributed by atoms with E-state index < -0.39 is 0 Å². The molecule has 0 radical (unpaired) electrons. The molecule has 5 nitrogen and oxygen atoms in total. The minimum Gasteiger partial charge on any atom is -0.384 e. The van der Waals surface area contributed by atoms with E-state index in [4.69, 9.17) is 10.5 Å². The van der Waals surface area contributed by atoms with Crippen LogP contribution < -0.4 is 5.73 Å². The van der Waals surface area contributed by atoms with Crippen LogP contribution in [0.3, 0.4) is 0 Å². The van der Waals surface area contributed by atoms with Gasteiger partial charge in [0.1, 0.15) is 5.82 Å². The van der Waals surface area contributed by atoms with Crippen LogP contribution in [0.4, 0.5) is 5.82 Å². The van der Waals surface area contributed by atoms with Gasteiger partial charge < -0.3 is 10.5 Å². The maximum Gasteiger partial charge on any atom is 0.171 e. The molecular weight excluding hydrogens is 308 g/mol. The molecule has 1 saturated heterocycles. The topological polar surface area (TPSA) is 65.4 Å². The number of halogens is 1. The van der Waals surface area contributed by atoms with Crippen LogP contribution in [0.15, 0.2) is 16.7 Å². The molecule has 1 fully saturated rings. The highest BCUT2D eigenvalue weighted by atomic mass is 79.9. The van der Waals surface area contributed by atoms with Crippen LogP contribution in [0.25, 0.3) is 5.65 Å². The SMILES string of the molecule is CC.Nc1cc(C2CCOCC2)nc2c(Br)cnn12. The number of hydrogen-bond acceptors (Lipinski definition) is 4. The van der Waals surface area contributed by atoms with Gasteiger partial charge in [0.15, 0.2) is 5.65 Å². The number of hydrogen-bond donors (Lipinski definition) is 1. The van der Waals surface area contributed by atoms with Crippen molar-refractivity contribution in [1.29, 1.82) is 0 Å². The summed E-state index contributed by atoms with van der Waals surface area (Å²) in [5, 5.41) is 4.16. The third-order valence-corrected chi connectivity index (χ3v) is 3.68. The van der Waals surface area contributed by atoms with E-state index in [1.807, 2.05) is 19.9 Å². The number of nitrogens with zero attached hydrogens (tertiary/aromatic N) is 3. The first-order valence-corrected chi connectivity index (χ1v) is 7.42. The summed E-state index contributed by atoms with van der Waals surface area (Å²) < 4.78 is 7.88. The van der Waals surface area contributed by atoms with Gasteiger partial charge in [0.25, 0.3) is 0 Å². The summed E-state index contributed by atoms with van der Waals surface area (Å²) in [5.74, 6) is 1.07. The van der Waals surface area contributed by atoms with Crippen molar-refractivity contribution in [2.45, 2.75) is 32.6 Å². The molecule has 2 N–H and O–H groups in total. The number of aromatic nitrogens is 3. The summed E-state index contributed by atoms with van der Waals surface area (Å²) in [6.45, 7) is 5.61. The smallest absolute Gasteiger partial charge is 0.171 e. The van der Waals surface area contributed by atoms with Crippen LogP contribution in [0.5, 0.6) is 0 Å². The number of fused-ring (bicyclic) bond motifs is 1. The highest BCUT2D eigenvalue weighted by Crippen LogP contribution is 2.28. The molecule has 0 spiro atoms. The van der Waals surface area contributed by atoms with Gasteiger partial charge in [0.05, 0.1) is 10.7 Å². The van der Waals surface area contributed by atoms with E-state index >= 15 is 0 Å². The molecule has 3 heterocycles. The fraction of sp³-hybridized carbons (Fsp3) is 0.538. The number of nitrogen functional groups attached to an aromatic ring is 1. The van der Waals surface area contributed by atoms with Crippen LogP contribution in [-0.2, 0) is 4.74 Å². The fourth-order valence-corrected chi connectivity index (χ4v) is 2.53. The van der Waals surface area contributed by atoms with Gasteiger partial charge in [-0.05, 0) is 28.8 Å². The molecule has 1 aliphatic rings. The van der Waals surface area contributed by atoms with E-state index in [1.165, 1.54) is 0 Å². The fourth-order valence-electron chi connectivity index (χ4n) is 2.18. The lowest BCUT2D eigenvalue weighted by atomic mass is 9.96. The van der Waals surface area contributed by atoms with Crippen molar-refractivity contribution < 1.29 is 4.74 Å². The Bertz CT molecular complexity index is 549. The molecule has 6 heteroatoms. The first-order valence-electron chi connectivity index (χ1n) is 6.63. The summed E-state index contributed by atoms with van der Waals surface area (Å²) in [4.78, 5) is 4.64. The predicted octanol–water partition coefficient (Wildman–Crippen LogP) is 2.99. The Balaban J connectivity index is 0.000000637. The van der Waals surface area contributed by atoms with Gasteiger partial charge in [0, 0.05) is 30.9 Å². The van der Waals surface area contributed by atoms with Crippen molar-refractivity contribution in [1.82, 2.24) is 14.6 Å². The van der Waals surface area contributed by atoms with Crippen LogP contribution in [0.1, 0.15) is 38.3 Å². The molecule has 1 aliphatic heterocycles. The summed E-state index contributed by atoms with van der Waals surface area (Å²) in [6.07, 6.45) is 3.73. The molecule has 3 rings (SSSR count). The molecule has 104 valence electrons. The van der Waals surface area contributed by atoms with Gasteiger partial charge >= 0.3 is 0 Å². The van der Waals surface area contributed by atoms with Crippen LogP contribution in [0, 0.1) is 0 Å². The molecule has 0 saturated carbocycles. The monoisotopic (exact) mass is 326 g/mol. The zero-order valence-corrected chi connectivity index (χ0v) is 12.9. The van der Waals surface area contributed by atoms with Crippen LogP contribution in [0.2, 0.25) is 0 Å². The molecule has 0 amide bonds. The lowest BCUT2D eigenvalue weighted by Gasteiger charge is -2.21. The van der Waals surface area contributed by atoms with Gasteiger partial charge in [-0.1, -0.05) is 13.8 Å². The van der Waals surface area contributed by atoms with Crippen molar-refractivity contribution in [2.24, 2.45) is 0 Å². The number of rotatable bonds is 1. The Morgan fingerprint density at radius 3 is 2.74 bits per heavy atom. The van der Waals surface area contributed by atoms with Crippen molar-refractivity contribution in [3.05, 3.63) is 22.4 Å². The predicted molar refractivity (Wildman–Crippen MR) is 79.2 cm³/mol. The number of anilines is 1. The minimum absolute atomic E-state index is 0.442. The second-order valence-electron chi connectivity index (χ2n) is 4.22. The number of nitrogens with two attached hydrogens (primary N) is 1. The van der Waals surface area contributed by atoms with Gasteiger partial charge in [-0.15, -0.1) is 0 Å². The third-order valence-electron chi connectivity index (χ3n) is 3.12. The van der Waals surface area contributed by atoms with Gasteiger partial charge in [-0.3, -0.25) is 0 Å². The first kappa shape index (κ1) is 14.3. The zero-order chi connectivity index (χ0) is 13.8. The molecule has 0 unspecified atom stereocenters. The third kappa shape index (κ3) is 2.90. The number of ether oxygens (including phenoxy) is 1. The van der Waals surface area contributed by atoms with E-state index in [2.05, 4.69) is 26.0 Å². The largest absolute Gasteiger partial charge is 0.384 e. The van der Waals surface area contributed by atoms with Crippen molar-refractivity contribution in [2.75, 3.05) is 18.9 Å². The van der Waals surface area contributed by atoms with E-state index in [-0.39, 0.29) is 0 Å². The molecule has 0 atom stereocenters. The Labute approximate surface area is 121 Å². The van der Waals surface area contributed by atoms with Gasteiger partial charge in [-0.2, -0.15) is 9.61 Å². The second kappa shape index (κ2) is 6.34. The Kier molecular flexibility index (Phi) is 4.76. The highest BCUT2D eigenvalue weighted by molar-refractivity contribution is 9.10. The summed E-state index contributed by atoms with van der Waals surface area (Å²) in [7, 11) is 0. The standard InChI is InChI=1S/C11H13BrN4O.C2H6/c12-8-6-14-16-10(13)5-9(15-11(8)16)7-1-3-17-4-2-7;1-2/h5-7H,1-4,13H2;1-2H3. The first-order chi connectivity index (χ1) is 9.25. The minimum atomic E-state index is 0.442. The lowest BCUT2D eigenvalue weighted by molar-refractivity contribution is 0.0845. The van der Waals surface area contributed by atoms with Crippen molar-refractivity contribution >= 4 is 27.4 Å². The van der Waals surface area contributed by atoms with Crippen LogP contribution >= 0.6 is 15.9 Å². The summed E-state index contributed by atoms with van der Waals surface area (Å²) >= 11 is 3.43. The normalized spacial score (nSPS) is 16.2. The van der Waals surface area contributed by atoms with E-state index in [0.717, 1.165) is 41.9 Å². The summed E-state index contributed by atoms with van der Waals surface area (Å²) in [5.41, 5.74) is 7.81. The van der Waals surface area contributed by atoms with Crippen molar-refractivity contribution in [3.63, 3.8) is 0 Å². The second-order valence-corrected chi connectivity index (χ2v) is 5.07. The zero-order valence-electron chi connectivity index (χ0n) is 11.3. The average Bonchev–Trinajstić information content (AvgIpc) is 2.84. The Morgan fingerprint density at radius 2 is 2.05 bits per heavy atom. The molecule has 0 aromatic carbocycles. The molecule has 19 heavy (non-hydrogen) atoms. The molecule has 0 bridgehead atoms. The maximum absolute atomic E-state index is 5.99. The Morgan fingerprint density at radius 1 is 1.37 bits per heavy atom. The lowest BCUT2D eigenvalue weighted by Crippen LogP contribution is -2.16. The van der Waals surface area contributed by atoms with E-state index in [1.54, 1.807) is 10.7 Å². The summed E-state index contributed by atoms with van der Waals surface area (Å²) in [6, 6.07) is 1.92. The van der Waals surface area contributed by atoms with Gasteiger partial charge in [0.2, 0.25) is 0 Å². The Hall–Kier alpha value is -1.14. The quantitative estimate of drug-likeness (QED) is 0.874. The van der Waals surface area contributed by atoms with Gasteiger partial charge in [-0.25, -0.2) is 4.98 Å². The highest BCUT2D eigenvalue weighted by Gasteiger charge is 2.19. The average molecular weight is 327 g/mol. The van der Waals surface area contributed by atoms with Crippen molar-refractivity contribution in [3.8, 4) is 0 Å². The molecular formula is C13H19BrN4O. The molecule has 2 aromatic heterocycles. The van der Waals surface area contributed by atoms with E-state index in [9.17, 15) is 0 Å². The van der Waals surface area contributed by atoms with E-state index in [0.29, 0.717) is 11.7 Å². The molecule has 0 aliphatic carbocycles.